The van der Waals surface area contributed by atoms with Crippen LogP contribution in [0.3, 0.4) is 0 Å². The van der Waals surface area contributed by atoms with E-state index in [1.54, 1.807) is 0 Å². The zero-order valence-corrected chi connectivity index (χ0v) is 15.7. The lowest BCUT2D eigenvalue weighted by molar-refractivity contribution is -0.384. The quantitative estimate of drug-likeness (QED) is 0.531. The number of hydrogen-bond acceptors (Lipinski definition) is 9. The molecular weight excluding hydrogens is 410 g/mol. The van der Waals surface area contributed by atoms with E-state index in [0.29, 0.717) is 4.90 Å². The second-order valence-electron chi connectivity index (χ2n) is 5.42. The van der Waals surface area contributed by atoms with Gasteiger partial charge < -0.3 is 9.84 Å². The molecule has 1 heterocycles. The van der Waals surface area contributed by atoms with Crippen LogP contribution in [0.15, 0.2) is 34.7 Å². The molecule has 0 spiro atoms. The number of aromatic nitrogens is 2. The van der Waals surface area contributed by atoms with Crippen LogP contribution in [-0.2, 0) is 15.3 Å². The SMILES string of the molecule is Cc1cc(OC(C)C(=O)O)nc(N(C(=O)N=S(=O)=O)c2ccccc2[N+](=O)[O-])n1. The number of aryl methyl sites for hydroxylation is 1. The van der Waals surface area contributed by atoms with Crippen LogP contribution in [-0.4, -0.2) is 46.5 Å². The van der Waals surface area contributed by atoms with Crippen molar-refractivity contribution in [1.29, 1.82) is 0 Å². The molecule has 0 fully saturated rings. The summed E-state index contributed by atoms with van der Waals surface area (Å²) in [6.45, 7) is 2.70. The number of carbonyl (C=O) groups excluding carboxylic acids is 1. The smallest absolute Gasteiger partial charge is 0.370 e. The molecule has 2 rings (SSSR count). The van der Waals surface area contributed by atoms with Crippen molar-refractivity contribution in [3.05, 3.63) is 46.1 Å². The fourth-order valence-corrected chi connectivity index (χ4v) is 2.33. The highest BCUT2D eigenvalue weighted by Gasteiger charge is 2.29. The summed E-state index contributed by atoms with van der Waals surface area (Å²) in [6.07, 6.45) is -1.30. The number of aliphatic carboxylic acids is 1. The van der Waals surface area contributed by atoms with E-state index in [4.69, 9.17) is 9.84 Å². The van der Waals surface area contributed by atoms with E-state index in [1.807, 2.05) is 0 Å². The lowest BCUT2D eigenvalue weighted by Crippen LogP contribution is -2.27. The van der Waals surface area contributed by atoms with Crippen molar-refractivity contribution in [2.75, 3.05) is 4.90 Å². The number of ether oxygens (including phenoxy) is 1. The van der Waals surface area contributed by atoms with Crippen LogP contribution in [0.2, 0.25) is 0 Å². The Kier molecular flexibility index (Phi) is 6.51. The molecule has 2 amide bonds. The van der Waals surface area contributed by atoms with E-state index in [2.05, 4.69) is 14.3 Å². The van der Waals surface area contributed by atoms with Gasteiger partial charge in [0.15, 0.2) is 6.10 Å². The first kappa shape index (κ1) is 21.4. The van der Waals surface area contributed by atoms with Crippen molar-refractivity contribution in [2.24, 2.45) is 4.36 Å². The van der Waals surface area contributed by atoms with Crippen molar-refractivity contribution < 1.29 is 32.8 Å². The van der Waals surface area contributed by atoms with Crippen LogP contribution in [0.1, 0.15) is 12.6 Å². The molecule has 2 aromatic rings. The maximum absolute atomic E-state index is 12.4. The molecule has 0 saturated heterocycles. The Labute approximate surface area is 164 Å². The van der Waals surface area contributed by atoms with E-state index < -0.39 is 45.2 Å². The zero-order chi connectivity index (χ0) is 21.7. The van der Waals surface area contributed by atoms with Crippen LogP contribution >= 0.6 is 0 Å². The fourth-order valence-electron chi connectivity index (χ4n) is 2.12. The second-order valence-corrected chi connectivity index (χ2v) is 6.03. The summed E-state index contributed by atoms with van der Waals surface area (Å²) in [5.41, 5.74) is -0.680. The van der Waals surface area contributed by atoms with E-state index in [1.165, 1.54) is 38.1 Å². The van der Waals surface area contributed by atoms with E-state index in [-0.39, 0.29) is 17.3 Å². The molecule has 0 saturated carbocycles. The monoisotopic (exact) mass is 423 g/mol. The minimum absolute atomic E-state index is 0.210. The van der Waals surface area contributed by atoms with Gasteiger partial charge in [-0.2, -0.15) is 13.4 Å². The standard InChI is InChI=1S/C15H13N5O8S/c1-8-7-12(28-9(2)13(21)22)17-14(16-8)19(15(23)18-29(26)27)10-5-3-4-6-11(10)20(24)25/h3-7,9H,1-2H3,(H,21,22). The Morgan fingerprint density at radius 3 is 2.55 bits per heavy atom. The van der Waals surface area contributed by atoms with Crippen LogP contribution in [0.5, 0.6) is 5.88 Å². The van der Waals surface area contributed by atoms with E-state index in [0.717, 1.165) is 6.07 Å². The maximum atomic E-state index is 12.4. The number of nitrogens with zero attached hydrogens (tertiary/aromatic N) is 5. The van der Waals surface area contributed by atoms with Crippen molar-refractivity contribution in [1.82, 2.24) is 9.97 Å². The van der Waals surface area contributed by atoms with Gasteiger partial charge in [0.2, 0.25) is 11.8 Å². The molecule has 1 aromatic heterocycles. The molecule has 29 heavy (non-hydrogen) atoms. The van der Waals surface area contributed by atoms with Gasteiger partial charge in [-0.3, -0.25) is 10.1 Å². The topological polar surface area (TPSA) is 182 Å². The van der Waals surface area contributed by atoms with Crippen LogP contribution < -0.4 is 9.64 Å². The number of carbonyl (C=O) groups is 2. The van der Waals surface area contributed by atoms with Gasteiger partial charge in [0.1, 0.15) is 5.69 Å². The summed E-state index contributed by atoms with van der Waals surface area (Å²) in [5.74, 6) is -2.03. The Morgan fingerprint density at radius 2 is 1.97 bits per heavy atom. The number of carboxylic acids is 1. The third-order valence-corrected chi connectivity index (χ3v) is 3.63. The lowest BCUT2D eigenvalue weighted by Gasteiger charge is -2.19. The average molecular weight is 423 g/mol. The number of carboxylic acid groups (broad SMARTS) is 1. The largest absolute Gasteiger partial charge is 0.479 e. The summed E-state index contributed by atoms with van der Waals surface area (Å²) in [5, 5.41) is 20.3. The highest BCUT2D eigenvalue weighted by atomic mass is 32.2. The number of nitro benzene ring substituents is 1. The second kappa shape index (κ2) is 8.83. The first-order valence-electron chi connectivity index (χ1n) is 7.74. The molecule has 0 aliphatic carbocycles. The number of nitro groups is 1. The first-order valence-corrected chi connectivity index (χ1v) is 8.77. The third-order valence-electron chi connectivity index (χ3n) is 3.33. The summed E-state index contributed by atoms with van der Waals surface area (Å²) in [6, 6.07) is 4.82. The third kappa shape index (κ3) is 5.29. The van der Waals surface area contributed by atoms with Gasteiger partial charge in [-0.1, -0.05) is 16.5 Å². The molecule has 0 aliphatic rings. The predicted molar refractivity (Wildman–Crippen MR) is 96.5 cm³/mol. The number of rotatable bonds is 6. The minimum Gasteiger partial charge on any atom is -0.479 e. The first-order chi connectivity index (χ1) is 13.6. The highest BCUT2D eigenvalue weighted by molar-refractivity contribution is 7.62. The Hall–Kier alpha value is -3.94. The summed E-state index contributed by atoms with van der Waals surface area (Å²) in [4.78, 5) is 42.3. The highest BCUT2D eigenvalue weighted by Crippen LogP contribution is 2.33. The van der Waals surface area contributed by atoms with Gasteiger partial charge in [0.25, 0.3) is 5.69 Å². The number of hydrogen-bond donors (Lipinski definition) is 1. The van der Waals surface area contributed by atoms with Crippen LogP contribution in [0, 0.1) is 17.0 Å². The zero-order valence-electron chi connectivity index (χ0n) is 14.9. The predicted octanol–water partition coefficient (Wildman–Crippen LogP) is 1.87. The molecule has 1 unspecified atom stereocenters. The molecule has 1 atom stereocenters. The summed E-state index contributed by atoms with van der Waals surface area (Å²) < 4.78 is 29.7. The van der Waals surface area contributed by atoms with Gasteiger partial charge in [-0.05, 0) is 19.9 Å². The van der Waals surface area contributed by atoms with E-state index in [9.17, 15) is 28.1 Å². The van der Waals surface area contributed by atoms with Gasteiger partial charge in [-0.25, -0.2) is 19.5 Å². The van der Waals surface area contributed by atoms with Crippen molar-refractivity contribution in [2.45, 2.75) is 20.0 Å². The summed E-state index contributed by atoms with van der Waals surface area (Å²) >= 11 is 0. The molecule has 0 bridgehead atoms. The van der Waals surface area contributed by atoms with Crippen molar-refractivity contribution in [3.8, 4) is 5.88 Å². The van der Waals surface area contributed by atoms with Crippen LogP contribution in [0.25, 0.3) is 0 Å². The molecule has 1 aromatic carbocycles. The van der Waals surface area contributed by atoms with E-state index >= 15 is 0 Å². The molecule has 152 valence electrons. The maximum Gasteiger partial charge on any atom is 0.370 e. The van der Waals surface area contributed by atoms with Crippen molar-refractivity contribution in [3.63, 3.8) is 0 Å². The van der Waals surface area contributed by atoms with Crippen molar-refractivity contribution >= 4 is 39.8 Å². The number of anilines is 2. The molecule has 13 nitrogen and oxygen atoms in total. The van der Waals surface area contributed by atoms with Gasteiger partial charge >= 0.3 is 22.5 Å². The minimum atomic E-state index is -3.16. The fraction of sp³-hybridized carbons (Fsp3) is 0.200. The Balaban J connectivity index is 2.69. The molecule has 14 heteroatoms. The number of benzene rings is 1. The van der Waals surface area contributed by atoms with Gasteiger partial charge in [0.05, 0.1) is 4.92 Å². The molecular formula is C15H13N5O8S. The Bertz CT molecular complexity index is 1110. The lowest BCUT2D eigenvalue weighted by atomic mass is 10.2. The van der Waals surface area contributed by atoms with Gasteiger partial charge in [-0.15, -0.1) is 0 Å². The molecule has 0 aliphatic heterocycles. The number of urea groups is 1. The molecule has 0 radical (unpaired) electrons. The normalized spacial score (nSPS) is 11.2. The number of para-hydroxylation sites is 2. The van der Waals surface area contributed by atoms with Gasteiger partial charge in [0, 0.05) is 17.8 Å². The average Bonchev–Trinajstić information content (AvgIpc) is 2.61. The Morgan fingerprint density at radius 1 is 1.31 bits per heavy atom. The summed E-state index contributed by atoms with van der Waals surface area (Å²) in [7, 11) is -3.16. The number of amides is 2. The van der Waals surface area contributed by atoms with Crippen LogP contribution in [0.4, 0.5) is 22.1 Å². The molecule has 1 N–H and O–H groups in total.